The topological polar surface area (TPSA) is 26.3 Å². The Labute approximate surface area is 215 Å². The molecule has 4 aliphatic rings. The molecule has 0 spiro atoms. The average molecular weight is 488 g/mol. The third-order valence-electron chi connectivity index (χ3n) is 10.8. The van der Waals surface area contributed by atoms with Gasteiger partial charge in [-0.05, 0) is 107 Å². The molecule has 8 atom stereocenters. The summed E-state index contributed by atoms with van der Waals surface area (Å²) in [5, 5.41) is 0. The summed E-state index contributed by atoms with van der Waals surface area (Å²) in [6.45, 7) is 15.3. The first-order chi connectivity index (χ1) is 16.5. The zero-order valence-corrected chi connectivity index (χ0v) is 23.8. The van der Waals surface area contributed by atoms with Crippen molar-refractivity contribution in [3.8, 4) is 0 Å². The Bertz CT molecular complexity index is 792. The lowest BCUT2D eigenvalue weighted by molar-refractivity contribution is -0.159. The molecule has 0 aromatic heterocycles. The molecule has 3 heteroatoms. The van der Waals surface area contributed by atoms with Crippen molar-refractivity contribution < 1.29 is 13.9 Å². The summed E-state index contributed by atoms with van der Waals surface area (Å²) >= 11 is 0. The van der Waals surface area contributed by atoms with Gasteiger partial charge in [-0.3, -0.25) is 9.18 Å². The van der Waals surface area contributed by atoms with Gasteiger partial charge in [-0.15, -0.1) is 0 Å². The monoisotopic (exact) mass is 487 g/mol. The van der Waals surface area contributed by atoms with Crippen molar-refractivity contribution >= 4 is 5.97 Å². The first-order valence-electron chi connectivity index (χ1n) is 14.9. The maximum atomic E-state index is 14.5. The van der Waals surface area contributed by atoms with Crippen LogP contribution in [0, 0.1) is 52.3 Å². The fourth-order valence-corrected chi connectivity index (χ4v) is 8.94. The van der Waals surface area contributed by atoms with E-state index in [0.717, 1.165) is 49.4 Å². The number of hydrogen-bond acceptors (Lipinski definition) is 2. The summed E-state index contributed by atoms with van der Waals surface area (Å²) in [5.74, 6) is 4.46. The molecular formula is C32H53FO2. The van der Waals surface area contributed by atoms with Crippen LogP contribution >= 0.6 is 0 Å². The molecule has 0 aliphatic heterocycles. The third-order valence-corrected chi connectivity index (χ3v) is 10.8. The maximum absolute atomic E-state index is 14.5. The third kappa shape index (κ3) is 5.40. The fraction of sp³-hybridized carbons (Fsp3) is 0.906. The van der Waals surface area contributed by atoms with Crippen molar-refractivity contribution in [2.75, 3.05) is 6.67 Å². The van der Waals surface area contributed by atoms with Crippen LogP contribution in [0.2, 0.25) is 0 Å². The van der Waals surface area contributed by atoms with Crippen LogP contribution in [0.25, 0.3) is 0 Å². The molecule has 2 nitrogen and oxygen atoms in total. The fourth-order valence-electron chi connectivity index (χ4n) is 8.94. The first-order valence-corrected chi connectivity index (χ1v) is 14.9. The highest BCUT2D eigenvalue weighted by Crippen LogP contribution is 2.65. The maximum Gasteiger partial charge on any atom is 0.311 e. The molecule has 2 fully saturated rings. The van der Waals surface area contributed by atoms with Crippen molar-refractivity contribution in [3.05, 3.63) is 11.1 Å². The lowest BCUT2D eigenvalue weighted by Gasteiger charge is -2.54. The van der Waals surface area contributed by atoms with Gasteiger partial charge in [-0.25, -0.2) is 0 Å². The van der Waals surface area contributed by atoms with Gasteiger partial charge in [0.05, 0.1) is 12.1 Å². The Balaban J connectivity index is 1.48. The molecule has 200 valence electrons. The molecule has 4 rings (SSSR count). The van der Waals surface area contributed by atoms with E-state index < -0.39 is 5.41 Å². The summed E-state index contributed by atoms with van der Waals surface area (Å²) in [6.07, 6.45) is 13.1. The predicted molar refractivity (Wildman–Crippen MR) is 143 cm³/mol. The standard InChI is InChI=1S/C32H53FO2/c1-20(2)9-8-10-21(3)28-13-14-29-27-17-22(19-33)26-18-23(35-30(34)31(4,5)6)11-12-24(26)25(27)15-16-32(28,29)7/h20-23,25,27-29H,8-19H2,1-7H3/t21-,22+,23+,25?,27?,28-,29?,32-/m1/s1/i33-1. The number of carbonyl (C=O) groups excluding carboxylic acids is 1. The van der Waals surface area contributed by atoms with Crippen molar-refractivity contribution in [3.63, 3.8) is 0 Å². The lowest BCUT2D eigenvalue weighted by atomic mass is 9.51. The molecule has 2 saturated carbocycles. The Kier molecular flexibility index (Phi) is 8.14. The zero-order chi connectivity index (χ0) is 25.5. The number of allylic oxidation sites excluding steroid dienone is 1. The van der Waals surface area contributed by atoms with E-state index in [-0.39, 0.29) is 24.7 Å². The van der Waals surface area contributed by atoms with Gasteiger partial charge in [0.15, 0.2) is 0 Å². The SMILES string of the molecule is CC(C)CCC[C@@H](C)[C@H]1CCC2C3C[C@@H](C[18F])C4=C(CC[C@H](OC(=O)C(C)(C)C)C4)C3CC[C@@]21C. The van der Waals surface area contributed by atoms with E-state index in [1.165, 1.54) is 50.5 Å². The normalized spacial score (nSPS) is 38.1. The van der Waals surface area contributed by atoms with Crippen LogP contribution in [0.4, 0.5) is 4.39 Å². The molecule has 0 N–H and O–H groups in total. The van der Waals surface area contributed by atoms with Gasteiger partial charge < -0.3 is 4.74 Å². The van der Waals surface area contributed by atoms with Crippen LogP contribution < -0.4 is 0 Å². The smallest absolute Gasteiger partial charge is 0.311 e. The van der Waals surface area contributed by atoms with Crippen molar-refractivity contribution in [1.82, 2.24) is 0 Å². The Morgan fingerprint density at radius 3 is 2.49 bits per heavy atom. The summed E-state index contributed by atoms with van der Waals surface area (Å²) in [7, 11) is 0. The number of esters is 1. The van der Waals surface area contributed by atoms with Crippen LogP contribution in [-0.4, -0.2) is 18.7 Å². The van der Waals surface area contributed by atoms with Gasteiger partial charge in [0.2, 0.25) is 0 Å². The van der Waals surface area contributed by atoms with E-state index in [0.29, 0.717) is 17.3 Å². The number of carbonyl (C=O) groups is 1. The van der Waals surface area contributed by atoms with Gasteiger partial charge in [0, 0.05) is 12.3 Å². The summed E-state index contributed by atoms with van der Waals surface area (Å²) in [6, 6.07) is 0. The second-order valence-electron chi connectivity index (χ2n) is 14.6. The van der Waals surface area contributed by atoms with E-state index >= 15 is 0 Å². The van der Waals surface area contributed by atoms with E-state index in [1.807, 2.05) is 20.8 Å². The highest BCUT2D eigenvalue weighted by Gasteiger charge is 2.57. The van der Waals surface area contributed by atoms with Gasteiger partial charge >= 0.3 is 5.97 Å². The molecule has 0 saturated heterocycles. The molecule has 0 radical (unpaired) electrons. The molecule has 0 heterocycles. The Hall–Kier alpha value is -0.860. The highest BCUT2D eigenvalue weighted by molar-refractivity contribution is 5.75. The number of rotatable bonds is 7. The zero-order valence-electron chi connectivity index (χ0n) is 23.8. The minimum atomic E-state index is -0.482. The lowest BCUT2D eigenvalue weighted by Crippen LogP contribution is -2.47. The highest BCUT2D eigenvalue weighted by atomic mass is 18.2. The molecular weight excluding hydrogens is 434 g/mol. The second-order valence-corrected chi connectivity index (χ2v) is 14.6. The number of hydrogen-bond donors (Lipinski definition) is 0. The number of fused-ring (bicyclic) bond motifs is 4. The van der Waals surface area contributed by atoms with E-state index in [4.69, 9.17) is 4.74 Å². The second kappa shape index (κ2) is 10.5. The molecule has 0 aromatic carbocycles. The summed E-state index contributed by atoms with van der Waals surface area (Å²) in [5.41, 5.74) is 2.89. The van der Waals surface area contributed by atoms with Gasteiger partial charge in [0.1, 0.15) is 6.10 Å². The van der Waals surface area contributed by atoms with E-state index in [2.05, 4.69) is 27.7 Å². The average Bonchev–Trinajstić information content (AvgIpc) is 3.14. The van der Waals surface area contributed by atoms with Crippen LogP contribution in [0.3, 0.4) is 0 Å². The van der Waals surface area contributed by atoms with Crippen LogP contribution in [0.15, 0.2) is 11.1 Å². The van der Waals surface area contributed by atoms with Crippen molar-refractivity contribution in [2.45, 2.75) is 125 Å². The van der Waals surface area contributed by atoms with Gasteiger partial charge in [-0.2, -0.15) is 0 Å². The molecule has 0 amide bonds. The van der Waals surface area contributed by atoms with Crippen molar-refractivity contribution in [1.29, 1.82) is 0 Å². The van der Waals surface area contributed by atoms with E-state index in [1.54, 1.807) is 5.57 Å². The largest absolute Gasteiger partial charge is 0.462 e. The first kappa shape index (κ1) is 27.2. The number of ether oxygens (including phenoxy) is 1. The quantitative estimate of drug-likeness (QED) is 0.265. The van der Waals surface area contributed by atoms with Gasteiger partial charge in [0.25, 0.3) is 0 Å². The molecule has 0 bridgehead atoms. The van der Waals surface area contributed by atoms with Crippen molar-refractivity contribution in [2.24, 2.45) is 52.3 Å². The minimum Gasteiger partial charge on any atom is -0.462 e. The summed E-state index contributed by atoms with van der Waals surface area (Å²) < 4.78 is 20.4. The molecule has 0 aromatic rings. The van der Waals surface area contributed by atoms with Crippen LogP contribution in [-0.2, 0) is 9.53 Å². The number of halogens is 1. The molecule has 3 unspecified atom stereocenters. The van der Waals surface area contributed by atoms with Gasteiger partial charge in [-0.1, -0.05) is 58.1 Å². The van der Waals surface area contributed by atoms with Crippen LogP contribution in [0.1, 0.15) is 119 Å². The van der Waals surface area contributed by atoms with Crippen LogP contribution in [0.5, 0.6) is 0 Å². The molecule has 35 heavy (non-hydrogen) atoms. The minimum absolute atomic E-state index is 0.0484. The number of alkyl halides is 1. The molecule has 4 aliphatic carbocycles. The summed E-state index contributed by atoms with van der Waals surface area (Å²) in [4.78, 5) is 12.5. The Morgan fingerprint density at radius 1 is 1.09 bits per heavy atom. The Morgan fingerprint density at radius 2 is 1.83 bits per heavy atom. The van der Waals surface area contributed by atoms with E-state index in [9.17, 15) is 9.18 Å². The predicted octanol–water partition coefficient (Wildman–Crippen LogP) is 8.94.